The van der Waals surface area contributed by atoms with E-state index in [1.54, 1.807) is 7.11 Å². The molecule has 2 atom stereocenters. The fourth-order valence-electron chi connectivity index (χ4n) is 3.10. The van der Waals surface area contributed by atoms with Gasteiger partial charge in [-0.1, -0.05) is 0 Å². The molecular weight excluding hydrogens is 240 g/mol. The SMILES string of the molecule is COc1ccc(OCCN2C[C@H]3CNC[C@H]3C2)cc1. The molecule has 0 bridgehead atoms. The Morgan fingerprint density at radius 3 is 2.37 bits per heavy atom. The van der Waals surface area contributed by atoms with E-state index in [-0.39, 0.29) is 0 Å². The summed E-state index contributed by atoms with van der Waals surface area (Å²) in [5.74, 6) is 3.51. The highest BCUT2D eigenvalue weighted by molar-refractivity contribution is 5.31. The van der Waals surface area contributed by atoms with E-state index < -0.39 is 0 Å². The zero-order valence-corrected chi connectivity index (χ0v) is 11.5. The van der Waals surface area contributed by atoms with Gasteiger partial charge in [0.2, 0.25) is 0 Å². The third kappa shape index (κ3) is 3.01. The fraction of sp³-hybridized carbons (Fsp3) is 0.600. The predicted molar refractivity (Wildman–Crippen MR) is 74.8 cm³/mol. The highest BCUT2D eigenvalue weighted by atomic mass is 16.5. The average molecular weight is 262 g/mol. The molecule has 104 valence electrons. The van der Waals surface area contributed by atoms with E-state index in [2.05, 4.69) is 10.2 Å². The zero-order valence-electron chi connectivity index (χ0n) is 11.5. The minimum absolute atomic E-state index is 0.763. The van der Waals surface area contributed by atoms with E-state index in [1.165, 1.54) is 26.2 Å². The number of benzene rings is 1. The van der Waals surface area contributed by atoms with Crippen molar-refractivity contribution in [1.29, 1.82) is 0 Å². The molecule has 2 aliphatic heterocycles. The molecule has 0 unspecified atom stereocenters. The molecular formula is C15H22N2O2. The maximum absolute atomic E-state index is 5.78. The van der Waals surface area contributed by atoms with Crippen LogP contribution in [0, 0.1) is 11.8 Å². The van der Waals surface area contributed by atoms with Crippen molar-refractivity contribution in [2.75, 3.05) is 46.4 Å². The van der Waals surface area contributed by atoms with Gasteiger partial charge >= 0.3 is 0 Å². The molecule has 19 heavy (non-hydrogen) atoms. The third-order valence-corrected chi connectivity index (χ3v) is 4.20. The number of nitrogens with zero attached hydrogens (tertiary/aromatic N) is 1. The molecule has 2 fully saturated rings. The van der Waals surface area contributed by atoms with Crippen LogP contribution in [-0.4, -0.2) is 51.3 Å². The number of ether oxygens (including phenoxy) is 2. The summed E-state index contributed by atoms with van der Waals surface area (Å²) in [5.41, 5.74) is 0. The Morgan fingerprint density at radius 1 is 1.11 bits per heavy atom. The van der Waals surface area contributed by atoms with Crippen LogP contribution in [0.5, 0.6) is 11.5 Å². The lowest BCUT2D eigenvalue weighted by molar-refractivity contribution is 0.228. The normalized spacial score (nSPS) is 26.4. The lowest BCUT2D eigenvalue weighted by Gasteiger charge is -2.17. The predicted octanol–water partition coefficient (Wildman–Crippen LogP) is 1.23. The van der Waals surface area contributed by atoms with E-state index in [9.17, 15) is 0 Å². The molecule has 0 radical (unpaired) electrons. The summed E-state index contributed by atoms with van der Waals surface area (Å²) in [6, 6.07) is 7.78. The van der Waals surface area contributed by atoms with Crippen LogP contribution in [0.3, 0.4) is 0 Å². The number of hydrogen-bond donors (Lipinski definition) is 1. The van der Waals surface area contributed by atoms with Crippen molar-refractivity contribution >= 4 is 0 Å². The van der Waals surface area contributed by atoms with Crippen LogP contribution in [0.15, 0.2) is 24.3 Å². The first kappa shape index (κ1) is 12.8. The molecule has 0 aliphatic carbocycles. The molecule has 0 saturated carbocycles. The lowest BCUT2D eigenvalue weighted by Crippen LogP contribution is -2.29. The molecule has 4 nitrogen and oxygen atoms in total. The second kappa shape index (κ2) is 5.80. The van der Waals surface area contributed by atoms with Crippen molar-refractivity contribution in [1.82, 2.24) is 10.2 Å². The van der Waals surface area contributed by atoms with Crippen LogP contribution in [0.2, 0.25) is 0 Å². The lowest BCUT2D eigenvalue weighted by atomic mass is 10.0. The second-order valence-electron chi connectivity index (χ2n) is 5.46. The molecule has 2 aliphatic rings. The highest BCUT2D eigenvalue weighted by Gasteiger charge is 2.35. The molecule has 0 amide bonds. The van der Waals surface area contributed by atoms with E-state index in [0.717, 1.165) is 36.5 Å². The Morgan fingerprint density at radius 2 is 1.74 bits per heavy atom. The molecule has 3 rings (SSSR count). The number of hydrogen-bond acceptors (Lipinski definition) is 4. The first-order valence-electron chi connectivity index (χ1n) is 7.05. The summed E-state index contributed by atoms with van der Waals surface area (Å²) in [7, 11) is 1.68. The highest BCUT2D eigenvalue weighted by Crippen LogP contribution is 2.25. The Hall–Kier alpha value is -1.26. The Balaban J connectivity index is 1.41. The maximum Gasteiger partial charge on any atom is 0.119 e. The molecule has 4 heteroatoms. The minimum atomic E-state index is 0.763. The second-order valence-corrected chi connectivity index (χ2v) is 5.46. The molecule has 2 saturated heterocycles. The van der Waals surface area contributed by atoms with Crippen LogP contribution in [-0.2, 0) is 0 Å². The quantitative estimate of drug-likeness (QED) is 0.865. The Kier molecular flexibility index (Phi) is 3.89. The van der Waals surface area contributed by atoms with Crippen molar-refractivity contribution in [3.05, 3.63) is 24.3 Å². The van der Waals surface area contributed by atoms with Crippen molar-refractivity contribution in [3.63, 3.8) is 0 Å². The van der Waals surface area contributed by atoms with Gasteiger partial charge in [-0.25, -0.2) is 0 Å². The molecule has 0 aromatic heterocycles. The number of nitrogens with one attached hydrogen (secondary N) is 1. The Labute approximate surface area is 114 Å². The molecule has 2 heterocycles. The minimum Gasteiger partial charge on any atom is -0.497 e. The van der Waals surface area contributed by atoms with Gasteiger partial charge in [-0.3, -0.25) is 4.90 Å². The van der Waals surface area contributed by atoms with Gasteiger partial charge in [-0.15, -0.1) is 0 Å². The van der Waals surface area contributed by atoms with Crippen LogP contribution >= 0.6 is 0 Å². The van der Waals surface area contributed by atoms with E-state index in [1.807, 2.05) is 24.3 Å². The maximum atomic E-state index is 5.78. The smallest absolute Gasteiger partial charge is 0.119 e. The van der Waals surface area contributed by atoms with E-state index in [0.29, 0.717) is 0 Å². The van der Waals surface area contributed by atoms with Crippen LogP contribution in [0.4, 0.5) is 0 Å². The van der Waals surface area contributed by atoms with E-state index >= 15 is 0 Å². The Bertz CT molecular complexity index is 395. The monoisotopic (exact) mass is 262 g/mol. The summed E-state index contributed by atoms with van der Waals surface area (Å²) in [5, 5.41) is 3.47. The number of fused-ring (bicyclic) bond motifs is 1. The van der Waals surface area contributed by atoms with Gasteiger partial charge in [-0.05, 0) is 49.2 Å². The summed E-state index contributed by atoms with van der Waals surface area (Å²) in [4.78, 5) is 2.53. The topological polar surface area (TPSA) is 33.7 Å². The van der Waals surface area contributed by atoms with Crippen LogP contribution < -0.4 is 14.8 Å². The van der Waals surface area contributed by atoms with Gasteiger partial charge in [0, 0.05) is 19.6 Å². The van der Waals surface area contributed by atoms with Gasteiger partial charge in [0.25, 0.3) is 0 Å². The summed E-state index contributed by atoms with van der Waals surface area (Å²) in [6.45, 7) is 6.63. The molecule has 1 N–H and O–H groups in total. The first-order valence-corrected chi connectivity index (χ1v) is 7.05. The summed E-state index contributed by atoms with van der Waals surface area (Å²) >= 11 is 0. The zero-order chi connectivity index (χ0) is 13.1. The number of likely N-dealkylation sites (tertiary alicyclic amines) is 1. The summed E-state index contributed by atoms with van der Waals surface area (Å²) in [6.07, 6.45) is 0. The van der Waals surface area contributed by atoms with Crippen LogP contribution in [0.1, 0.15) is 0 Å². The largest absolute Gasteiger partial charge is 0.497 e. The standard InChI is InChI=1S/C15H22N2O2/c1-18-14-2-4-15(5-3-14)19-7-6-17-10-12-8-16-9-13(12)11-17/h2-5,12-13,16H,6-11H2,1H3/t12-,13+. The van der Waals surface area contributed by atoms with Crippen molar-refractivity contribution in [3.8, 4) is 11.5 Å². The van der Waals surface area contributed by atoms with Gasteiger partial charge in [0.15, 0.2) is 0 Å². The molecule has 0 spiro atoms. The van der Waals surface area contributed by atoms with Crippen molar-refractivity contribution in [2.24, 2.45) is 11.8 Å². The number of rotatable bonds is 5. The van der Waals surface area contributed by atoms with Crippen molar-refractivity contribution in [2.45, 2.75) is 0 Å². The van der Waals surface area contributed by atoms with Gasteiger partial charge in [0.1, 0.15) is 18.1 Å². The fourth-order valence-corrected chi connectivity index (χ4v) is 3.10. The van der Waals surface area contributed by atoms with E-state index in [4.69, 9.17) is 9.47 Å². The molecule has 1 aromatic rings. The summed E-state index contributed by atoms with van der Waals surface area (Å²) < 4.78 is 10.9. The van der Waals surface area contributed by atoms with Crippen LogP contribution in [0.25, 0.3) is 0 Å². The number of methoxy groups -OCH3 is 1. The van der Waals surface area contributed by atoms with Crippen molar-refractivity contribution < 1.29 is 9.47 Å². The first-order chi connectivity index (χ1) is 9.35. The van der Waals surface area contributed by atoms with Gasteiger partial charge in [0.05, 0.1) is 7.11 Å². The average Bonchev–Trinajstić information content (AvgIpc) is 3.00. The third-order valence-electron chi connectivity index (χ3n) is 4.20. The molecule has 1 aromatic carbocycles. The van der Waals surface area contributed by atoms with Gasteiger partial charge in [-0.2, -0.15) is 0 Å². The van der Waals surface area contributed by atoms with Gasteiger partial charge < -0.3 is 14.8 Å².